The Kier molecular flexibility index (Phi) is 4.36. The van der Waals surface area contributed by atoms with Gasteiger partial charge in [0.2, 0.25) is 0 Å². The normalized spacial score (nSPS) is 14.7. The average molecular weight is 318 g/mol. The predicted molar refractivity (Wildman–Crippen MR) is 83.4 cm³/mol. The van der Waals surface area contributed by atoms with Crippen LogP contribution in [0, 0.1) is 11.6 Å². The molecule has 1 saturated heterocycles. The van der Waals surface area contributed by atoms with Gasteiger partial charge in [0, 0.05) is 38.4 Å². The fourth-order valence-electron chi connectivity index (χ4n) is 2.52. The lowest BCUT2D eigenvalue weighted by Crippen LogP contribution is -2.50. The number of nitrogens with zero attached hydrogens (tertiary/aromatic N) is 3. The van der Waals surface area contributed by atoms with Gasteiger partial charge >= 0.3 is 6.03 Å². The van der Waals surface area contributed by atoms with Crippen molar-refractivity contribution in [3.63, 3.8) is 0 Å². The van der Waals surface area contributed by atoms with Crippen LogP contribution in [0.3, 0.4) is 0 Å². The second-order valence-corrected chi connectivity index (χ2v) is 5.24. The van der Waals surface area contributed by atoms with Crippen molar-refractivity contribution in [3.8, 4) is 0 Å². The van der Waals surface area contributed by atoms with E-state index in [4.69, 9.17) is 0 Å². The minimum atomic E-state index is -0.474. The first-order valence-electron chi connectivity index (χ1n) is 7.29. The molecule has 1 N–H and O–H groups in total. The van der Waals surface area contributed by atoms with E-state index in [9.17, 15) is 13.6 Å². The standard InChI is InChI=1S/C16H16F2N4O/c17-12-3-4-14(18)15(10-12)21-6-8-22(9-7-21)16(23)20-13-2-1-5-19-11-13/h1-5,10-11H,6-9H2,(H,20,23). The highest BCUT2D eigenvalue weighted by atomic mass is 19.1. The average Bonchev–Trinajstić information content (AvgIpc) is 2.58. The number of nitrogens with one attached hydrogen (secondary N) is 1. The largest absolute Gasteiger partial charge is 0.366 e. The van der Waals surface area contributed by atoms with Crippen LogP contribution in [0.1, 0.15) is 0 Å². The Hall–Kier alpha value is -2.70. The molecule has 1 aromatic heterocycles. The van der Waals surface area contributed by atoms with Crippen LogP contribution in [0.2, 0.25) is 0 Å². The lowest BCUT2D eigenvalue weighted by atomic mass is 10.2. The fourth-order valence-corrected chi connectivity index (χ4v) is 2.52. The van der Waals surface area contributed by atoms with Crippen LogP contribution >= 0.6 is 0 Å². The number of anilines is 2. The number of hydrogen-bond acceptors (Lipinski definition) is 3. The molecule has 120 valence electrons. The van der Waals surface area contributed by atoms with E-state index in [0.717, 1.165) is 12.1 Å². The molecule has 0 bridgehead atoms. The van der Waals surface area contributed by atoms with E-state index in [1.165, 1.54) is 6.07 Å². The van der Waals surface area contributed by atoms with Crippen molar-refractivity contribution in [2.75, 3.05) is 36.4 Å². The van der Waals surface area contributed by atoms with Crippen LogP contribution in [0.4, 0.5) is 25.0 Å². The molecule has 1 aliphatic rings. The van der Waals surface area contributed by atoms with Crippen LogP contribution in [-0.4, -0.2) is 42.1 Å². The van der Waals surface area contributed by atoms with Crippen molar-refractivity contribution in [3.05, 3.63) is 54.4 Å². The Balaban J connectivity index is 1.60. The summed E-state index contributed by atoms with van der Waals surface area (Å²) in [4.78, 5) is 19.5. The topological polar surface area (TPSA) is 48.5 Å². The number of pyridine rings is 1. The number of aromatic nitrogens is 1. The third-order valence-corrected chi connectivity index (χ3v) is 3.73. The van der Waals surface area contributed by atoms with E-state index in [1.54, 1.807) is 34.3 Å². The predicted octanol–water partition coefficient (Wildman–Crippen LogP) is 2.71. The minimum absolute atomic E-state index is 0.225. The molecule has 0 radical (unpaired) electrons. The second kappa shape index (κ2) is 6.60. The molecule has 2 amide bonds. The molecule has 0 unspecified atom stereocenters. The fraction of sp³-hybridized carbons (Fsp3) is 0.250. The summed E-state index contributed by atoms with van der Waals surface area (Å²) in [5.41, 5.74) is 0.855. The lowest BCUT2D eigenvalue weighted by Gasteiger charge is -2.36. The second-order valence-electron chi connectivity index (χ2n) is 5.24. The zero-order valence-corrected chi connectivity index (χ0v) is 12.4. The Morgan fingerprint density at radius 3 is 2.61 bits per heavy atom. The van der Waals surface area contributed by atoms with Gasteiger partial charge in [-0.05, 0) is 24.3 Å². The Labute approximate surface area is 132 Å². The van der Waals surface area contributed by atoms with Crippen LogP contribution in [0.25, 0.3) is 0 Å². The molecule has 7 heteroatoms. The molecule has 3 rings (SSSR count). The number of halogens is 2. The summed E-state index contributed by atoms with van der Waals surface area (Å²) in [5, 5.41) is 2.76. The van der Waals surface area contributed by atoms with E-state index in [1.807, 2.05) is 0 Å². The third kappa shape index (κ3) is 3.56. The van der Waals surface area contributed by atoms with Gasteiger partial charge in [-0.2, -0.15) is 0 Å². The van der Waals surface area contributed by atoms with Gasteiger partial charge in [-0.15, -0.1) is 0 Å². The summed E-state index contributed by atoms with van der Waals surface area (Å²) < 4.78 is 27.1. The van der Waals surface area contributed by atoms with E-state index < -0.39 is 11.6 Å². The number of carbonyl (C=O) groups excluding carboxylic acids is 1. The summed E-state index contributed by atoms with van der Waals surface area (Å²) in [5.74, 6) is -0.933. The molecule has 0 aliphatic carbocycles. The van der Waals surface area contributed by atoms with E-state index in [-0.39, 0.29) is 11.7 Å². The summed E-state index contributed by atoms with van der Waals surface area (Å²) in [7, 11) is 0. The van der Waals surface area contributed by atoms with Crippen molar-refractivity contribution >= 4 is 17.4 Å². The summed E-state index contributed by atoms with van der Waals surface area (Å²) in [6.45, 7) is 1.76. The zero-order chi connectivity index (χ0) is 16.2. The first kappa shape index (κ1) is 15.2. The molecular weight excluding hydrogens is 302 g/mol. The van der Waals surface area contributed by atoms with E-state index in [2.05, 4.69) is 10.3 Å². The third-order valence-electron chi connectivity index (χ3n) is 3.73. The molecule has 23 heavy (non-hydrogen) atoms. The first-order valence-corrected chi connectivity index (χ1v) is 7.29. The van der Waals surface area contributed by atoms with Crippen LogP contribution < -0.4 is 10.2 Å². The molecular formula is C16H16F2N4O. The van der Waals surface area contributed by atoms with Crippen molar-refractivity contribution in [2.45, 2.75) is 0 Å². The Morgan fingerprint density at radius 2 is 1.91 bits per heavy atom. The van der Waals surface area contributed by atoms with Gasteiger partial charge in [-0.1, -0.05) is 0 Å². The number of carbonyl (C=O) groups is 1. The van der Waals surface area contributed by atoms with Gasteiger partial charge in [-0.25, -0.2) is 13.6 Å². The van der Waals surface area contributed by atoms with Gasteiger partial charge in [0.25, 0.3) is 0 Å². The van der Waals surface area contributed by atoms with Gasteiger partial charge in [0.1, 0.15) is 11.6 Å². The van der Waals surface area contributed by atoms with E-state index >= 15 is 0 Å². The quantitative estimate of drug-likeness (QED) is 0.926. The number of urea groups is 1. The van der Waals surface area contributed by atoms with Crippen LogP contribution in [0.15, 0.2) is 42.7 Å². The first-order chi connectivity index (χ1) is 11.1. The minimum Gasteiger partial charge on any atom is -0.366 e. The summed E-state index contributed by atoms with van der Waals surface area (Å²) in [6, 6.07) is 6.66. The molecule has 1 fully saturated rings. The van der Waals surface area contributed by atoms with Crippen molar-refractivity contribution in [1.82, 2.24) is 9.88 Å². The maximum Gasteiger partial charge on any atom is 0.322 e. The SMILES string of the molecule is O=C(Nc1cccnc1)N1CCN(c2cc(F)ccc2F)CC1. The van der Waals surface area contributed by atoms with Gasteiger partial charge in [-0.3, -0.25) is 4.98 Å². The molecule has 5 nitrogen and oxygen atoms in total. The summed E-state index contributed by atoms with van der Waals surface area (Å²) >= 11 is 0. The highest BCUT2D eigenvalue weighted by Gasteiger charge is 2.23. The van der Waals surface area contributed by atoms with Gasteiger partial charge in [0.05, 0.1) is 17.6 Å². The Bertz CT molecular complexity index is 688. The lowest BCUT2D eigenvalue weighted by molar-refractivity contribution is 0.208. The number of amides is 2. The van der Waals surface area contributed by atoms with Crippen molar-refractivity contribution in [2.24, 2.45) is 0 Å². The van der Waals surface area contributed by atoms with Crippen LogP contribution in [0.5, 0.6) is 0 Å². The Morgan fingerprint density at radius 1 is 1.13 bits per heavy atom. The van der Waals surface area contributed by atoms with Crippen LogP contribution in [-0.2, 0) is 0 Å². The number of benzene rings is 1. The smallest absolute Gasteiger partial charge is 0.322 e. The van der Waals surface area contributed by atoms with Crippen molar-refractivity contribution in [1.29, 1.82) is 0 Å². The summed E-state index contributed by atoms with van der Waals surface area (Å²) in [6.07, 6.45) is 3.19. The maximum absolute atomic E-state index is 13.8. The van der Waals surface area contributed by atoms with Gasteiger partial charge < -0.3 is 15.1 Å². The molecule has 0 atom stereocenters. The number of hydrogen-bond donors (Lipinski definition) is 1. The monoisotopic (exact) mass is 318 g/mol. The molecule has 0 spiro atoms. The molecule has 1 aliphatic heterocycles. The molecule has 1 aromatic carbocycles. The van der Waals surface area contributed by atoms with E-state index in [0.29, 0.717) is 31.9 Å². The van der Waals surface area contributed by atoms with Gasteiger partial charge in [0.15, 0.2) is 0 Å². The van der Waals surface area contributed by atoms with Crippen molar-refractivity contribution < 1.29 is 13.6 Å². The zero-order valence-electron chi connectivity index (χ0n) is 12.4. The maximum atomic E-state index is 13.8. The number of rotatable bonds is 2. The number of piperazine rings is 1. The molecule has 2 aromatic rings. The highest BCUT2D eigenvalue weighted by Crippen LogP contribution is 2.22. The molecule has 0 saturated carbocycles. The highest BCUT2D eigenvalue weighted by molar-refractivity contribution is 5.89. The molecule has 2 heterocycles.